The van der Waals surface area contributed by atoms with E-state index in [2.05, 4.69) is 20.9 Å². The van der Waals surface area contributed by atoms with Crippen molar-refractivity contribution in [2.75, 3.05) is 26.7 Å². The smallest absolute Gasteiger partial charge is 0.263 e. The summed E-state index contributed by atoms with van der Waals surface area (Å²) in [6, 6.07) is 9.16. The number of halogens is 1. The maximum absolute atomic E-state index is 13.0. The number of hydrogen-bond donors (Lipinski definition) is 4. The van der Waals surface area contributed by atoms with Crippen LogP contribution in [-0.2, 0) is 6.54 Å². The van der Waals surface area contributed by atoms with Gasteiger partial charge in [0.05, 0.1) is 12.1 Å². The molecule has 0 bridgehead atoms. The Balaban J connectivity index is 0.00000324. The average Bonchev–Trinajstić information content (AvgIpc) is 3.33. The molecular formula is C25H32ClN5O3. The fraction of sp³-hybridized carbons (Fsp3) is 0.400. The molecule has 2 amide bonds. The number of aromatic amines is 1. The summed E-state index contributed by atoms with van der Waals surface area (Å²) in [6.45, 7) is 2.96. The minimum absolute atomic E-state index is 0. The van der Waals surface area contributed by atoms with E-state index < -0.39 is 11.5 Å². The Kier molecular flexibility index (Phi) is 8.90. The van der Waals surface area contributed by atoms with Crippen LogP contribution in [0.5, 0.6) is 0 Å². The zero-order valence-corrected chi connectivity index (χ0v) is 20.2. The second-order valence-corrected chi connectivity index (χ2v) is 8.60. The third-order valence-electron chi connectivity index (χ3n) is 6.38. The molecule has 1 saturated heterocycles. The van der Waals surface area contributed by atoms with Crippen molar-refractivity contribution in [2.24, 2.45) is 5.92 Å². The number of pyridine rings is 1. The maximum atomic E-state index is 13.0. The molecule has 0 aliphatic carbocycles. The van der Waals surface area contributed by atoms with Gasteiger partial charge in [-0.1, -0.05) is 12.1 Å². The normalized spacial score (nSPS) is 13.9. The molecule has 3 aromatic rings. The molecule has 0 saturated carbocycles. The molecule has 3 heterocycles. The van der Waals surface area contributed by atoms with Crippen LogP contribution >= 0.6 is 12.4 Å². The molecule has 0 atom stereocenters. The highest BCUT2D eigenvalue weighted by Crippen LogP contribution is 2.19. The maximum Gasteiger partial charge on any atom is 0.263 e. The van der Waals surface area contributed by atoms with Crippen molar-refractivity contribution in [1.82, 2.24) is 25.5 Å². The minimum Gasteiger partial charge on any atom is -0.361 e. The highest BCUT2D eigenvalue weighted by atomic mass is 35.5. The molecule has 34 heavy (non-hydrogen) atoms. The number of carbonyl (C=O) groups is 2. The molecule has 2 aromatic heterocycles. The first-order valence-corrected chi connectivity index (χ1v) is 11.6. The topological polar surface area (TPSA) is 108 Å². The van der Waals surface area contributed by atoms with Crippen LogP contribution in [0, 0.1) is 5.92 Å². The molecule has 1 fully saturated rings. The Morgan fingerprint density at radius 2 is 1.94 bits per heavy atom. The number of H-pyrrole nitrogens is 1. The van der Waals surface area contributed by atoms with E-state index in [1.807, 2.05) is 30.5 Å². The Labute approximate surface area is 204 Å². The Morgan fingerprint density at radius 3 is 2.71 bits per heavy atom. The largest absolute Gasteiger partial charge is 0.361 e. The molecule has 1 aliphatic rings. The summed E-state index contributed by atoms with van der Waals surface area (Å²) in [4.78, 5) is 41.4. The van der Waals surface area contributed by atoms with Crippen LogP contribution in [0.3, 0.4) is 0 Å². The van der Waals surface area contributed by atoms with Gasteiger partial charge in [-0.05, 0) is 68.5 Å². The summed E-state index contributed by atoms with van der Waals surface area (Å²) in [7, 11) is 1.47. The van der Waals surface area contributed by atoms with Gasteiger partial charge in [-0.15, -0.1) is 12.4 Å². The number of hydrogen-bond acceptors (Lipinski definition) is 4. The van der Waals surface area contributed by atoms with Crippen molar-refractivity contribution in [1.29, 1.82) is 0 Å². The van der Waals surface area contributed by atoms with Gasteiger partial charge in [0.25, 0.3) is 17.4 Å². The van der Waals surface area contributed by atoms with Crippen molar-refractivity contribution < 1.29 is 9.59 Å². The first-order chi connectivity index (χ1) is 16.1. The van der Waals surface area contributed by atoms with E-state index in [9.17, 15) is 14.4 Å². The molecule has 9 heteroatoms. The quantitative estimate of drug-likeness (QED) is 0.368. The van der Waals surface area contributed by atoms with E-state index in [1.54, 1.807) is 6.20 Å². The molecule has 1 aliphatic heterocycles. The molecule has 182 valence electrons. The third kappa shape index (κ3) is 5.87. The fourth-order valence-electron chi connectivity index (χ4n) is 4.51. The van der Waals surface area contributed by atoms with Crippen LogP contribution in [0.25, 0.3) is 10.9 Å². The van der Waals surface area contributed by atoms with Gasteiger partial charge in [0.15, 0.2) is 0 Å². The number of rotatable bonds is 8. The first-order valence-electron chi connectivity index (χ1n) is 11.6. The molecule has 8 nitrogen and oxygen atoms in total. The summed E-state index contributed by atoms with van der Waals surface area (Å²) in [5, 5.41) is 9.82. The Morgan fingerprint density at radius 1 is 1.15 bits per heavy atom. The molecular weight excluding hydrogens is 454 g/mol. The van der Waals surface area contributed by atoms with Crippen molar-refractivity contribution >= 4 is 35.1 Å². The number of carbonyl (C=O) groups excluding carboxylic acids is 2. The number of amides is 2. The average molecular weight is 486 g/mol. The number of fused-ring (bicyclic) bond motifs is 1. The van der Waals surface area contributed by atoms with E-state index >= 15 is 0 Å². The number of benzene rings is 1. The number of nitrogens with one attached hydrogen (secondary N) is 4. The Hall–Kier alpha value is -3.10. The third-order valence-corrected chi connectivity index (χ3v) is 6.38. The van der Waals surface area contributed by atoms with Crippen molar-refractivity contribution in [3.8, 4) is 0 Å². The highest BCUT2D eigenvalue weighted by molar-refractivity contribution is 5.99. The van der Waals surface area contributed by atoms with Gasteiger partial charge in [0, 0.05) is 36.9 Å². The van der Waals surface area contributed by atoms with Crippen LogP contribution in [0.1, 0.15) is 52.0 Å². The van der Waals surface area contributed by atoms with Crippen LogP contribution in [0.15, 0.2) is 47.5 Å². The number of piperidine rings is 1. The van der Waals surface area contributed by atoms with Gasteiger partial charge in [-0.2, -0.15) is 0 Å². The van der Waals surface area contributed by atoms with Gasteiger partial charge >= 0.3 is 0 Å². The summed E-state index contributed by atoms with van der Waals surface area (Å²) >= 11 is 0. The van der Waals surface area contributed by atoms with Crippen LogP contribution < -0.4 is 21.5 Å². The lowest BCUT2D eigenvalue weighted by Gasteiger charge is -2.22. The molecule has 0 spiro atoms. The summed E-state index contributed by atoms with van der Waals surface area (Å²) in [6.07, 6.45) is 7.76. The van der Waals surface area contributed by atoms with Gasteiger partial charge in [-0.3, -0.25) is 14.4 Å². The molecule has 0 unspecified atom stereocenters. The lowest BCUT2D eigenvalue weighted by atomic mass is 9.93. The van der Waals surface area contributed by atoms with Gasteiger partial charge in [-0.25, -0.2) is 0 Å². The molecule has 1 aromatic carbocycles. The van der Waals surface area contributed by atoms with E-state index in [0.717, 1.165) is 42.4 Å². The van der Waals surface area contributed by atoms with Crippen LogP contribution in [0.4, 0.5) is 0 Å². The van der Waals surface area contributed by atoms with E-state index in [0.29, 0.717) is 18.0 Å². The van der Waals surface area contributed by atoms with Gasteiger partial charge in [0.2, 0.25) is 0 Å². The first kappa shape index (κ1) is 25.5. The number of aromatic nitrogens is 2. The molecule has 4 rings (SSSR count). The monoisotopic (exact) mass is 485 g/mol. The zero-order chi connectivity index (χ0) is 23.2. The predicted molar refractivity (Wildman–Crippen MR) is 136 cm³/mol. The number of nitrogens with zero attached hydrogens (tertiary/aromatic N) is 1. The van der Waals surface area contributed by atoms with Crippen LogP contribution in [0.2, 0.25) is 0 Å². The predicted octanol–water partition coefficient (Wildman–Crippen LogP) is 2.67. The Bertz CT molecular complexity index is 1200. The zero-order valence-electron chi connectivity index (χ0n) is 19.4. The summed E-state index contributed by atoms with van der Waals surface area (Å²) in [5.74, 6) is -0.0747. The van der Waals surface area contributed by atoms with Gasteiger partial charge in [0.1, 0.15) is 5.56 Å². The lowest BCUT2D eigenvalue weighted by Crippen LogP contribution is -2.34. The van der Waals surface area contributed by atoms with Crippen molar-refractivity contribution in [3.05, 3.63) is 69.8 Å². The van der Waals surface area contributed by atoms with E-state index in [1.165, 1.54) is 30.5 Å². The second kappa shape index (κ2) is 11.9. The van der Waals surface area contributed by atoms with E-state index in [-0.39, 0.29) is 30.4 Å². The second-order valence-electron chi connectivity index (χ2n) is 8.60. The lowest BCUT2D eigenvalue weighted by molar-refractivity contribution is 0.0951. The standard InChI is InChI=1S/C25H31N5O3.ClH/c1-26-24(32)21-14-19(23(31)29-10-3-4-17-7-11-27-12-8-17)16-30(25(21)33)15-18-5-2-6-22-20(18)9-13-28-22;/h2,5-6,9,13-14,16-17,27-28H,3-4,7-8,10-12,15H2,1H3,(H,26,32)(H,29,31);1H. The minimum atomic E-state index is -0.505. The summed E-state index contributed by atoms with van der Waals surface area (Å²) in [5.41, 5.74) is 1.73. The van der Waals surface area contributed by atoms with Gasteiger partial charge < -0.3 is 25.5 Å². The SMILES string of the molecule is CNC(=O)c1cc(C(=O)NCCCC2CCNCC2)cn(Cc2cccc3[nH]ccc23)c1=O.Cl. The summed E-state index contributed by atoms with van der Waals surface area (Å²) < 4.78 is 1.44. The molecule has 0 radical (unpaired) electrons. The fourth-order valence-corrected chi connectivity index (χ4v) is 4.51. The van der Waals surface area contributed by atoms with Crippen molar-refractivity contribution in [3.63, 3.8) is 0 Å². The highest BCUT2D eigenvalue weighted by Gasteiger charge is 2.18. The van der Waals surface area contributed by atoms with E-state index in [4.69, 9.17) is 0 Å². The van der Waals surface area contributed by atoms with Crippen molar-refractivity contribution in [2.45, 2.75) is 32.2 Å². The van der Waals surface area contributed by atoms with Crippen LogP contribution in [-0.4, -0.2) is 48.0 Å². The molecule has 4 N–H and O–H groups in total.